The number of hydrogen-bond acceptors (Lipinski definition) is 5. The van der Waals surface area contributed by atoms with Gasteiger partial charge in [-0.05, 0) is 64.2 Å². The van der Waals surface area contributed by atoms with E-state index in [4.69, 9.17) is 4.74 Å². The van der Waals surface area contributed by atoms with Gasteiger partial charge in [0, 0.05) is 6.42 Å². The minimum Gasteiger partial charge on any atom is -0.462 e. The van der Waals surface area contributed by atoms with Crippen molar-refractivity contribution in [1.82, 2.24) is 5.32 Å². The maximum absolute atomic E-state index is 13.2. The average molecular weight is 908 g/mol. The van der Waals surface area contributed by atoms with Gasteiger partial charge in [0.25, 0.3) is 0 Å². The lowest BCUT2D eigenvalue weighted by molar-refractivity contribution is -0.150. The number of hydrogen-bond donors (Lipinski definition) is 3. The monoisotopic (exact) mass is 908 g/mol. The van der Waals surface area contributed by atoms with E-state index in [1.54, 1.807) is 0 Å². The average Bonchev–Trinajstić information content (AvgIpc) is 3.30. The number of allylic oxidation sites excluding steroid dienone is 12. The molecule has 376 valence electrons. The number of nitrogens with one attached hydrogen (secondary N) is 1. The van der Waals surface area contributed by atoms with Crippen molar-refractivity contribution in [2.75, 3.05) is 6.61 Å². The highest BCUT2D eigenvalue weighted by atomic mass is 16.5. The van der Waals surface area contributed by atoms with Crippen LogP contribution in [0.2, 0.25) is 0 Å². The zero-order valence-electron chi connectivity index (χ0n) is 42.9. The lowest BCUT2D eigenvalue weighted by Gasteiger charge is -2.24. The van der Waals surface area contributed by atoms with E-state index >= 15 is 0 Å². The minimum atomic E-state index is -0.801. The number of rotatable bonds is 49. The fraction of sp³-hybridized carbons (Fsp3) is 0.763. The van der Waals surface area contributed by atoms with Crippen LogP contribution in [0.15, 0.2) is 72.9 Å². The van der Waals surface area contributed by atoms with Crippen LogP contribution in [0.1, 0.15) is 265 Å². The highest BCUT2D eigenvalue weighted by molar-refractivity contribution is 5.77. The van der Waals surface area contributed by atoms with E-state index in [0.29, 0.717) is 19.3 Å². The van der Waals surface area contributed by atoms with Crippen LogP contribution in [-0.4, -0.2) is 46.9 Å². The Labute approximate surface area is 402 Å². The summed E-state index contributed by atoms with van der Waals surface area (Å²) in [5, 5.41) is 23.8. The van der Waals surface area contributed by atoms with Crippen LogP contribution in [-0.2, 0) is 14.3 Å². The zero-order chi connectivity index (χ0) is 47.4. The van der Waals surface area contributed by atoms with Gasteiger partial charge in [0.15, 0.2) is 0 Å². The lowest BCUT2D eigenvalue weighted by atomic mass is 10.0. The normalized spacial score (nSPS) is 13.7. The molecule has 0 bridgehead atoms. The highest BCUT2D eigenvalue weighted by Crippen LogP contribution is 2.18. The first kappa shape index (κ1) is 62.3. The molecule has 3 unspecified atom stereocenters. The van der Waals surface area contributed by atoms with E-state index in [9.17, 15) is 19.8 Å². The standard InChI is InChI=1S/C59H105NO5/c1-4-7-10-13-16-19-22-24-26-28-29-30-32-34-37-40-43-46-49-52-59(64)65-55(50-47-44-41-38-35-21-18-15-12-9-6-3)53-58(63)60-56(54-61)57(62)51-48-45-42-39-36-33-31-27-25-23-20-17-14-11-8-5-2/h7,10,16,19,24,26,29-30,34,37,43,46,55-57,61-62H,4-6,8-9,11-15,17-18,20-23,25,27-28,31-33,35-36,38-42,44-45,47-54H2,1-3H3,(H,60,63)/b10-7-,19-16-,26-24-,30-29-,37-34-,46-43-. The summed E-state index contributed by atoms with van der Waals surface area (Å²) >= 11 is 0. The van der Waals surface area contributed by atoms with E-state index < -0.39 is 18.2 Å². The van der Waals surface area contributed by atoms with E-state index in [-0.39, 0.29) is 31.3 Å². The third kappa shape index (κ3) is 47.6. The third-order valence-electron chi connectivity index (χ3n) is 12.3. The summed E-state index contributed by atoms with van der Waals surface area (Å²) in [6.45, 7) is 6.37. The van der Waals surface area contributed by atoms with E-state index in [1.165, 1.54) is 135 Å². The molecule has 0 rings (SSSR count). The Balaban J connectivity index is 4.59. The molecule has 0 aliphatic heterocycles. The molecule has 0 saturated carbocycles. The third-order valence-corrected chi connectivity index (χ3v) is 12.3. The Morgan fingerprint density at radius 2 is 0.800 bits per heavy atom. The maximum atomic E-state index is 13.2. The van der Waals surface area contributed by atoms with Gasteiger partial charge >= 0.3 is 5.97 Å². The van der Waals surface area contributed by atoms with Crippen molar-refractivity contribution < 1.29 is 24.5 Å². The van der Waals surface area contributed by atoms with Crippen molar-refractivity contribution in [3.63, 3.8) is 0 Å². The van der Waals surface area contributed by atoms with Crippen LogP contribution < -0.4 is 5.32 Å². The topological polar surface area (TPSA) is 95.9 Å². The smallest absolute Gasteiger partial charge is 0.306 e. The highest BCUT2D eigenvalue weighted by Gasteiger charge is 2.24. The molecule has 6 heteroatoms. The summed E-state index contributed by atoms with van der Waals surface area (Å²) in [5.41, 5.74) is 0. The Morgan fingerprint density at radius 3 is 1.17 bits per heavy atom. The first-order valence-corrected chi connectivity index (χ1v) is 27.7. The van der Waals surface area contributed by atoms with Crippen molar-refractivity contribution in [1.29, 1.82) is 0 Å². The maximum Gasteiger partial charge on any atom is 0.306 e. The fourth-order valence-corrected chi connectivity index (χ4v) is 8.16. The Kier molecular flexibility index (Phi) is 50.1. The molecule has 0 aromatic carbocycles. The second kappa shape index (κ2) is 52.3. The van der Waals surface area contributed by atoms with Crippen molar-refractivity contribution in [3.05, 3.63) is 72.9 Å². The summed E-state index contributed by atoms with van der Waals surface area (Å²) in [5.74, 6) is -0.569. The van der Waals surface area contributed by atoms with Crippen LogP contribution in [0.5, 0.6) is 0 Å². The van der Waals surface area contributed by atoms with Crippen molar-refractivity contribution in [2.24, 2.45) is 0 Å². The van der Waals surface area contributed by atoms with Crippen molar-refractivity contribution >= 4 is 11.9 Å². The van der Waals surface area contributed by atoms with Gasteiger partial charge in [-0.3, -0.25) is 9.59 Å². The van der Waals surface area contributed by atoms with E-state index in [0.717, 1.165) is 77.0 Å². The summed E-state index contributed by atoms with van der Waals surface area (Å²) < 4.78 is 5.90. The van der Waals surface area contributed by atoms with Gasteiger partial charge in [-0.15, -0.1) is 0 Å². The molecule has 0 radical (unpaired) electrons. The van der Waals surface area contributed by atoms with Gasteiger partial charge in [0.05, 0.1) is 25.2 Å². The van der Waals surface area contributed by atoms with Crippen LogP contribution in [0.4, 0.5) is 0 Å². The first-order chi connectivity index (χ1) is 32.0. The Morgan fingerprint density at radius 1 is 0.462 bits per heavy atom. The Hall–Kier alpha value is -2.70. The number of carbonyl (C=O) groups excluding carboxylic acids is 2. The quantitative estimate of drug-likeness (QED) is 0.0321. The van der Waals surface area contributed by atoms with Crippen molar-refractivity contribution in [2.45, 2.75) is 283 Å². The van der Waals surface area contributed by atoms with Crippen LogP contribution in [0.3, 0.4) is 0 Å². The van der Waals surface area contributed by atoms with Gasteiger partial charge < -0.3 is 20.3 Å². The molecule has 65 heavy (non-hydrogen) atoms. The number of amides is 1. The molecular weight excluding hydrogens is 803 g/mol. The largest absolute Gasteiger partial charge is 0.462 e. The zero-order valence-corrected chi connectivity index (χ0v) is 42.9. The molecule has 0 aliphatic carbocycles. The lowest BCUT2D eigenvalue weighted by Crippen LogP contribution is -2.46. The number of esters is 1. The molecule has 0 aliphatic rings. The number of ether oxygens (including phenoxy) is 1. The predicted octanol–water partition coefficient (Wildman–Crippen LogP) is 17.0. The summed E-state index contributed by atoms with van der Waals surface area (Å²) in [4.78, 5) is 26.2. The summed E-state index contributed by atoms with van der Waals surface area (Å²) in [6.07, 6.45) is 66.9. The molecule has 1 amide bonds. The fourth-order valence-electron chi connectivity index (χ4n) is 8.16. The van der Waals surface area contributed by atoms with Gasteiger partial charge in [-0.25, -0.2) is 0 Å². The molecule has 0 aromatic heterocycles. The molecular formula is C59H105NO5. The van der Waals surface area contributed by atoms with Crippen LogP contribution in [0.25, 0.3) is 0 Å². The molecule has 0 fully saturated rings. The Bertz CT molecular complexity index is 1200. The van der Waals surface area contributed by atoms with Crippen LogP contribution in [0, 0.1) is 0 Å². The number of aliphatic hydroxyl groups is 2. The summed E-state index contributed by atoms with van der Waals surface area (Å²) in [7, 11) is 0. The van der Waals surface area contributed by atoms with Crippen molar-refractivity contribution in [3.8, 4) is 0 Å². The second-order valence-corrected chi connectivity index (χ2v) is 18.6. The summed E-state index contributed by atoms with van der Waals surface area (Å²) in [6, 6.07) is -0.717. The van der Waals surface area contributed by atoms with Gasteiger partial charge in [0.2, 0.25) is 5.91 Å². The SMILES string of the molecule is CC/C=C\C/C=C\C/C=C\C/C=C\C/C=C\C/C=C\CCC(=O)OC(CCCCCCCCCCCCC)CC(=O)NC(CO)C(O)CCCCCCCCCCCCCCCCCC. The van der Waals surface area contributed by atoms with E-state index in [2.05, 4.69) is 92.9 Å². The van der Waals surface area contributed by atoms with Gasteiger partial charge in [-0.1, -0.05) is 261 Å². The van der Waals surface area contributed by atoms with Gasteiger partial charge in [-0.2, -0.15) is 0 Å². The number of aliphatic hydroxyl groups excluding tert-OH is 2. The molecule has 0 spiro atoms. The second-order valence-electron chi connectivity index (χ2n) is 18.6. The number of unbranched alkanes of at least 4 members (excludes halogenated alkanes) is 25. The first-order valence-electron chi connectivity index (χ1n) is 27.7. The molecule has 0 heterocycles. The molecule has 3 atom stereocenters. The van der Waals surface area contributed by atoms with E-state index in [1.807, 2.05) is 6.08 Å². The van der Waals surface area contributed by atoms with Gasteiger partial charge in [0.1, 0.15) is 6.10 Å². The molecule has 3 N–H and O–H groups in total. The minimum absolute atomic E-state index is 0.0473. The van der Waals surface area contributed by atoms with Crippen LogP contribution >= 0.6 is 0 Å². The number of carbonyl (C=O) groups is 2. The molecule has 6 nitrogen and oxygen atoms in total. The predicted molar refractivity (Wildman–Crippen MR) is 282 cm³/mol. The molecule has 0 saturated heterocycles. The molecule has 0 aromatic rings.